The highest BCUT2D eigenvalue weighted by molar-refractivity contribution is 5.86. The average Bonchev–Trinajstić information content (AvgIpc) is 2.78. The summed E-state index contributed by atoms with van der Waals surface area (Å²) < 4.78 is 5.32. The maximum Gasteiger partial charge on any atom is 0.372 e. The third kappa shape index (κ3) is 4.10. The van der Waals surface area contributed by atoms with Gasteiger partial charge in [-0.1, -0.05) is 32.6 Å². The van der Waals surface area contributed by atoms with E-state index >= 15 is 0 Å². The largest absolute Gasteiger partial charge is 0.475 e. The summed E-state index contributed by atoms with van der Waals surface area (Å²) in [6, 6.07) is 1.80. The van der Waals surface area contributed by atoms with Crippen molar-refractivity contribution < 1.29 is 14.3 Å². The van der Waals surface area contributed by atoms with Crippen molar-refractivity contribution in [3.63, 3.8) is 0 Å². The lowest BCUT2D eigenvalue weighted by Crippen LogP contribution is -2.20. The summed E-state index contributed by atoms with van der Waals surface area (Å²) in [5.74, 6) is 1.52. The fourth-order valence-electron chi connectivity index (χ4n) is 2.98. The van der Waals surface area contributed by atoms with Crippen LogP contribution in [0.25, 0.3) is 0 Å². The molecule has 0 unspecified atom stereocenters. The highest BCUT2D eigenvalue weighted by atomic mass is 16.4. The summed E-state index contributed by atoms with van der Waals surface area (Å²) in [6.45, 7) is 5.69. The number of rotatable bonds is 6. The number of aromatic carboxylic acids is 1. The van der Waals surface area contributed by atoms with Crippen molar-refractivity contribution in [1.29, 1.82) is 0 Å². The average molecular weight is 279 g/mol. The molecule has 0 radical (unpaired) electrons. The van der Waals surface area contributed by atoms with Gasteiger partial charge in [0.2, 0.25) is 5.76 Å². The van der Waals surface area contributed by atoms with Crippen LogP contribution in [0.1, 0.15) is 60.9 Å². The summed E-state index contributed by atoms with van der Waals surface area (Å²) in [6.07, 6.45) is 6.64. The predicted octanol–water partition coefficient (Wildman–Crippen LogP) is 3.59. The van der Waals surface area contributed by atoms with Gasteiger partial charge in [-0.3, -0.25) is 0 Å². The van der Waals surface area contributed by atoms with Gasteiger partial charge >= 0.3 is 5.97 Å². The van der Waals surface area contributed by atoms with Gasteiger partial charge in [0.05, 0.1) is 6.54 Å². The number of aryl methyl sites for hydroxylation is 1. The van der Waals surface area contributed by atoms with Crippen LogP contribution in [0.3, 0.4) is 0 Å². The molecule has 1 aromatic heterocycles. The van der Waals surface area contributed by atoms with Crippen LogP contribution in [0, 0.1) is 18.8 Å². The first-order chi connectivity index (χ1) is 9.56. The van der Waals surface area contributed by atoms with Crippen molar-refractivity contribution in [3.05, 3.63) is 23.2 Å². The summed E-state index contributed by atoms with van der Waals surface area (Å²) in [5, 5.41) is 12.3. The lowest BCUT2D eigenvalue weighted by Gasteiger charge is -2.26. The molecule has 4 heteroatoms. The number of carboxylic acids is 1. The molecule has 4 nitrogen and oxygen atoms in total. The fourth-order valence-corrected chi connectivity index (χ4v) is 2.98. The van der Waals surface area contributed by atoms with E-state index in [0.717, 1.165) is 18.4 Å². The van der Waals surface area contributed by atoms with Gasteiger partial charge in [0.25, 0.3) is 0 Å². The van der Waals surface area contributed by atoms with Crippen LogP contribution in [0.2, 0.25) is 0 Å². The molecule has 0 aromatic carbocycles. The van der Waals surface area contributed by atoms with Crippen LogP contribution in [0.15, 0.2) is 10.5 Å². The Hall–Kier alpha value is -1.29. The molecule has 1 aromatic rings. The van der Waals surface area contributed by atoms with Crippen LogP contribution in [-0.4, -0.2) is 17.6 Å². The Morgan fingerprint density at radius 2 is 2.10 bits per heavy atom. The summed E-state index contributed by atoms with van der Waals surface area (Å²) in [5.41, 5.74) is 0.690. The molecule has 1 aliphatic carbocycles. The number of hydrogen-bond donors (Lipinski definition) is 2. The molecular formula is C16H25NO3. The van der Waals surface area contributed by atoms with E-state index in [1.807, 2.05) is 0 Å². The molecule has 0 spiro atoms. The van der Waals surface area contributed by atoms with E-state index in [4.69, 9.17) is 9.52 Å². The lowest BCUT2D eigenvalue weighted by atomic mass is 9.81. The maximum atomic E-state index is 10.9. The van der Waals surface area contributed by atoms with Crippen LogP contribution < -0.4 is 5.32 Å². The Bertz CT molecular complexity index is 445. The van der Waals surface area contributed by atoms with Gasteiger partial charge < -0.3 is 14.8 Å². The first-order valence-electron chi connectivity index (χ1n) is 7.59. The van der Waals surface area contributed by atoms with Gasteiger partial charge in [0.15, 0.2) is 0 Å². The van der Waals surface area contributed by atoms with Crippen molar-refractivity contribution >= 4 is 5.97 Å². The third-order valence-corrected chi connectivity index (χ3v) is 4.33. The van der Waals surface area contributed by atoms with E-state index in [-0.39, 0.29) is 5.76 Å². The molecule has 2 N–H and O–H groups in total. The molecule has 1 heterocycles. The van der Waals surface area contributed by atoms with Crippen LogP contribution in [-0.2, 0) is 6.54 Å². The second-order valence-electron chi connectivity index (χ2n) is 6.12. The Morgan fingerprint density at radius 1 is 1.40 bits per heavy atom. The lowest BCUT2D eigenvalue weighted by molar-refractivity contribution is 0.0659. The maximum absolute atomic E-state index is 10.9. The van der Waals surface area contributed by atoms with Gasteiger partial charge in [0.1, 0.15) is 5.76 Å². The van der Waals surface area contributed by atoms with Crippen molar-refractivity contribution in [2.24, 2.45) is 11.8 Å². The minimum atomic E-state index is -0.995. The van der Waals surface area contributed by atoms with Gasteiger partial charge in [-0.2, -0.15) is 0 Å². The van der Waals surface area contributed by atoms with Gasteiger partial charge in [-0.25, -0.2) is 4.79 Å². The molecule has 20 heavy (non-hydrogen) atoms. The first kappa shape index (κ1) is 15.1. The third-order valence-electron chi connectivity index (χ3n) is 4.33. The van der Waals surface area contributed by atoms with E-state index in [1.54, 1.807) is 13.0 Å². The smallest absolute Gasteiger partial charge is 0.372 e. The molecular weight excluding hydrogens is 254 g/mol. The Morgan fingerprint density at radius 3 is 2.70 bits per heavy atom. The Labute approximate surface area is 120 Å². The van der Waals surface area contributed by atoms with Crippen LogP contribution in [0.5, 0.6) is 0 Å². The molecule has 0 saturated heterocycles. The van der Waals surface area contributed by atoms with Crippen LogP contribution >= 0.6 is 0 Å². The zero-order valence-electron chi connectivity index (χ0n) is 12.4. The summed E-state index contributed by atoms with van der Waals surface area (Å²) in [7, 11) is 0. The Kier molecular flexibility index (Phi) is 5.24. The minimum absolute atomic E-state index is 0.0584. The number of carbonyl (C=O) groups is 1. The van der Waals surface area contributed by atoms with Crippen LogP contribution in [0.4, 0.5) is 0 Å². The summed E-state index contributed by atoms with van der Waals surface area (Å²) >= 11 is 0. The monoisotopic (exact) mass is 279 g/mol. The number of hydrogen-bond acceptors (Lipinski definition) is 3. The van der Waals surface area contributed by atoms with Crippen molar-refractivity contribution in [2.75, 3.05) is 6.54 Å². The Balaban J connectivity index is 1.68. The number of furan rings is 1. The van der Waals surface area contributed by atoms with Crippen molar-refractivity contribution in [3.8, 4) is 0 Å². The molecule has 112 valence electrons. The minimum Gasteiger partial charge on any atom is -0.475 e. The molecule has 1 aliphatic rings. The molecule has 0 atom stereocenters. The molecule has 2 rings (SSSR count). The highest BCUT2D eigenvalue weighted by Gasteiger charge is 2.18. The number of carboxylic acid groups (broad SMARTS) is 1. The zero-order valence-corrected chi connectivity index (χ0v) is 12.4. The quantitative estimate of drug-likeness (QED) is 0.781. The predicted molar refractivity (Wildman–Crippen MR) is 77.9 cm³/mol. The van der Waals surface area contributed by atoms with Crippen molar-refractivity contribution in [2.45, 2.75) is 52.5 Å². The zero-order chi connectivity index (χ0) is 14.5. The topological polar surface area (TPSA) is 62.5 Å². The van der Waals surface area contributed by atoms with Gasteiger partial charge in [-0.15, -0.1) is 0 Å². The van der Waals surface area contributed by atoms with E-state index in [1.165, 1.54) is 32.1 Å². The SMILES string of the molecule is Cc1cc(CNCCC2CCC(C)CC2)oc1C(=O)O. The van der Waals surface area contributed by atoms with Gasteiger partial charge in [0, 0.05) is 5.56 Å². The normalized spacial score (nSPS) is 22.9. The van der Waals surface area contributed by atoms with E-state index in [9.17, 15) is 4.79 Å². The van der Waals surface area contributed by atoms with E-state index in [2.05, 4.69) is 12.2 Å². The summed E-state index contributed by atoms with van der Waals surface area (Å²) in [4.78, 5) is 10.9. The highest BCUT2D eigenvalue weighted by Crippen LogP contribution is 2.29. The fraction of sp³-hybridized carbons (Fsp3) is 0.688. The molecule has 1 saturated carbocycles. The second-order valence-corrected chi connectivity index (χ2v) is 6.12. The standard InChI is InChI=1S/C16H25NO3/c1-11-3-5-13(6-4-11)7-8-17-10-14-9-12(2)15(20-14)16(18)19/h9,11,13,17H,3-8,10H2,1-2H3,(H,18,19). The van der Waals surface area contributed by atoms with E-state index < -0.39 is 5.97 Å². The molecule has 0 amide bonds. The molecule has 0 bridgehead atoms. The first-order valence-corrected chi connectivity index (χ1v) is 7.59. The van der Waals surface area contributed by atoms with E-state index in [0.29, 0.717) is 17.9 Å². The van der Waals surface area contributed by atoms with Crippen molar-refractivity contribution in [1.82, 2.24) is 5.32 Å². The van der Waals surface area contributed by atoms with Gasteiger partial charge in [-0.05, 0) is 37.8 Å². The number of nitrogens with one attached hydrogen (secondary N) is 1. The molecule has 1 fully saturated rings. The second kappa shape index (κ2) is 6.93. The molecule has 0 aliphatic heterocycles.